The summed E-state index contributed by atoms with van der Waals surface area (Å²) in [7, 11) is 0. The molecule has 1 aromatic carbocycles. The molecule has 6 heteroatoms. The van der Waals surface area contributed by atoms with Gasteiger partial charge >= 0.3 is 0 Å². The number of aromatic nitrogens is 1. The van der Waals surface area contributed by atoms with E-state index >= 15 is 0 Å². The Labute approximate surface area is 126 Å². The largest absolute Gasteiger partial charge is 0.370 e. The van der Waals surface area contributed by atoms with Crippen molar-refractivity contribution in [2.75, 3.05) is 19.7 Å². The SMILES string of the molecule is Cc1[nH]ccc1C(=O)N1CCOC(c2ccc(F)cc2F)C1. The molecule has 1 fully saturated rings. The van der Waals surface area contributed by atoms with E-state index in [9.17, 15) is 13.6 Å². The molecule has 0 aliphatic carbocycles. The third kappa shape index (κ3) is 2.74. The van der Waals surface area contributed by atoms with Gasteiger partial charge in [-0.1, -0.05) is 6.07 Å². The van der Waals surface area contributed by atoms with Crippen molar-refractivity contribution in [1.29, 1.82) is 0 Å². The lowest BCUT2D eigenvalue weighted by atomic mass is 10.1. The lowest BCUT2D eigenvalue weighted by molar-refractivity contribution is -0.0243. The normalized spacial score (nSPS) is 18.5. The predicted octanol–water partition coefficient (Wildman–Crippen LogP) is 2.82. The summed E-state index contributed by atoms with van der Waals surface area (Å²) >= 11 is 0. The maximum Gasteiger partial charge on any atom is 0.255 e. The molecule has 1 amide bonds. The van der Waals surface area contributed by atoms with Gasteiger partial charge in [0.15, 0.2) is 0 Å². The lowest BCUT2D eigenvalue weighted by Gasteiger charge is -2.33. The van der Waals surface area contributed by atoms with Crippen LogP contribution in [0.2, 0.25) is 0 Å². The van der Waals surface area contributed by atoms with Crippen LogP contribution in [0, 0.1) is 18.6 Å². The fraction of sp³-hybridized carbons (Fsp3) is 0.312. The number of rotatable bonds is 2. The van der Waals surface area contributed by atoms with Crippen LogP contribution in [-0.4, -0.2) is 35.5 Å². The van der Waals surface area contributed by atoms with E-state index in [1.54, 1.807) is 17.2 Å². The molecule has 1 saturated heterocycles. The number of morpholine rings is 1. The molecule has 2 heterocycles. The highest BCUT2D eigenvalue weighted by Crippen LogP contribution is 2.26. The van der Waals surface area contributed by atoms with Gasteiger partial charge in [0, 0.05) is 30.1 Å². The molecular formula is C16H16F2N2O2. The Kier molecular flexibility index (Phi) is 3.94. The van der Waals surface area contributed by atoms with Gasteiger partial charge in [-0.3, -0.25) is 4.79 Å². The van der Waals surface area contributed by atoms with E-state index < -0.39 is 17.7 Å². The Balaban J connectivity index is 1.80. The highest BCUT2D eigenvalue weighted by atomic mass is 19.1. The third-order valence-electron chi connectivity index (χ3n) is 3.85. The molecule has 0 bridgehead atoms. The van der Waals surface area contributed by atoms with E-state index in [2.05, 4.69) is 4.98 Å². The number of amides is 1. The van der Waals surface area contributed by atoms with Crippen molar-refractivity contribution >= 4 is 5.91 Å². The number of nitrogens with one attached hydrogen (secondary N) is 1. The number of nitrogens with zero attached hydrogens (tertiary/aromatic N) is 1. The van der Waals surface area contributed by atoms with Gasteiger partial charge in [-0.15, -0.1) is 0 Å². The molecule has 0 saturated carbocycles. The fourth-order valence-corrected chi connectivity index (χ4v) is 2.64. The number of benzene rings is 1. The molecule has 1 aromatic heterocycles. The number of aryl methyl sites for hydroxylation is 1. The van der Waals surface area contributed by atoms with Gasteiger partial charge in [0.05, 0.1) is 18.7 Å². The van der Waals surface area contributed by atoms with Gasteiger partial charge in [0.2, 0.25) is 0 Å². The zero-order chi connectivity index (χ0) is 15.7. The predicted molar refractivity (Wildman–Crippen MR) is 76.5 cm³/mol. The molecule has 22 heavy (non-hydrogen) atoms. The van der Waals surface area contributed by atoms with Gasteiger partial charge in [-0.2, -0.15) is 0 Å². The zero-order valence-electron chi connectivity index (χ0n) is 12.1. The smallest absolute Gasteiger partial charge is 0.255 e. The van der Waals surface area contributed by atoms with Gasteiger partial charge in [0.1, 0.15) is 17.7 Å². The number of hydrogen-bond acceptors (Lipinski definition) is 2. The average molecular weight is 306 g/mol. The van der Waals surface area contributed by atoms with E-state index in [0.29, 0.717) is 18.7 Å². The Hall–Kier alpha value is -2.21. The minimum Gasteiger partial charge on any atom is -0.370 e. The summed E-state index contributed by atoms with van der Waals surface area (Å²) < 4.78 is 32.4. The van der Waals surface area contributed by atoms with E-state index in [-0.39, 0.29) is 18.0 Å². The molecule has 4 nitrogen and oxygen atoms in total. The first kappa shape index (κ1) is 14.7. The minimum absolute atomic E-state index is 0.116. The summed E-state index contributed by atoms with van der Waals surface area (Å²) in [4.78, 5) is 17.1. The molecule has 1 unspecified atom stereocenters. The van der Waals surface area contributed by atoms with Crippen LogP contribution in [0.15, 0.2) is 30.5 Å². The number of halogens is 2. The first-order chi connectivity index (χ1) is 10.6. The summed E-state index contributed by atoms with van der Waals surface area (Å²) in [6.45, 7) is 2.83. The Morgan fingerprint density at radius 2 is 2.18 bits per heavy atom. The zero-order valence-corrected chi connectivity index (χ0v) is 12.1. The highest BCUT2D eigenvalue weighted by molar-refractivity contribution is 5.95. The van der Waals surface area contributed by atoms with Crippen LogP contribution in [0.25, 0.3) is 0 Å². The third-order valence-corrected chi connectivity index (χ3v) is 3.85. The molecule has 2 aromatic rings. The molecule has 0 spiro atoms. The summed E-state index contributed by atoms with van der Waals surface area (Å²) in [5, 5.41) is 0. The van der Waals surface area contributed by atoms with Gasteiger partial charge in [-0.05, 0) is 19.1 Å². The van der Waals surface area contributed by atoms with Crippen LogP contribution < -0.4 is 0 Å². The summed E-state index contributed by atoms with van der Waals surface area (Å²) in [6, 6.07) is 5.11. The van der Waals surface area contributed by atoms with Crippen molar-refractivity contribution in [3.63, 3.8) is 0 Å². The number of hydrogen-bond donors (Lipinski definition) is 1. The Morgan fingerprint density at radius 3 is 2.86 bits per heavy atom. The second-order valence-electron chi connectivity index (χ2n) is 5.29. The second kappa shape index (κ2) is 5.88. The van der Waals surface area contributed by atoms with Crippen LogP contribution in [-0.2, 0) is 4.74 Å². The van der Waals surface area contributed by atoms with E-state index in [4.69, 9.17) is 4.74 Å². The van der Waals surface area contributed by atoms with E-state index in [0.717, 1.165) is 11.8 Å². The van der Waals surface area contributed by atoms with E-state index in [1.165, 1.54) is 12.1 Å². The quantitative estimate of drug-likeness (QED) is 0.927. The van der Waals surface area contributed by atoms with Crippen molar-refractivity contribution in [3.05, 3.63) is 58.9 Å². The number of H-pyrrole nitrogens is 1. The molecule has 0 radical (unpaired) electrons. The summed E-state index contributed by atoms with van der Waals surface area (Å²) in [5.41, 5.74) is 1.66. The number of carbonyl (C=O) groups is 1. The van der Waals surface area contributed by atoms with Crippen LogP contribution in [0.4, 0.5) is 8.78 Å². The van der Waals surface area contributed by atoms with Crippen molar-refractivity contribution in [3.8, 4) is 0 Å². The Morgan fingerprint density at radius 1 is 1.36 bits per heavy atom. The number of carbonyl (C=O) groups excluding carboxylic acids is 1. The maximum atomic E-state index is 13.9. The van der Waals surface area contributed by atoms with Crippen LogP contribution in [0.1, 0.15) is 27.7 Å². The summed E-state index contributed by atoms with van der Waals surface area (Å²) in [6.07, 6.45) is 1.12. The van der Waals surface area contributed by atoms with Crippen molar-refractivity contribution < 1.29 is 18.3 Å². The topological polar surface area (TPSA) is 45.3 Å². The first-order valence-corrected chi connectivity index (χ1v) is 7.06. The maximum absolute atomic E-state index is 13.9. The molecule has 116 valence electrons. The number of ether oxygens (including phenoxy) is 1. The second-order valence-corrected chi connectivity index (χ2v) is 5.29. The molecule has 1 aliphatic rings. The Bertz CT molecular complexity index is 699. The monoisotopic (exact) mass is 306 g/mol. The lowest BCUT2D eigenvalue weighted by Crippen LogP contribution is -2.42. The van der Waals surface area contributed by atoms with Crippen molar-refractivity contribution in [2.45, 2.75) is 13.0 Å². The molecule has 3 rings (SSSR count). The van der Waals surface area contributed by atoms with Crippen molar-refractivity contribution in [1.82, 2.24) is 9.88 Å². The standard InChI is InChI=1S/C16H16F2N2O2/c1-10-12(4-5-19-10)16(21)20-6-7-22-15(9-20)13-3-2-11(17)8-14(13)18/h2-5,8,15,19H,6-7,9H2,1H3. The molecular weight excluding hydrogens is 290 g/mol. The summed E-state index contributed by atoms with van der Waals surface area (Å²) in [5.74, 6) is -1.40. The molecule has 1 N–H and O–H groups in total. The van der Waals surface area contributed by atoms with Crippen LogP contribution in [0.3, 0.4) is 0 Å². The van der Waals surface area contributed by atoms with E-state index in [1.807, 2.05) is 6.92 Å². The van der Waals surface area contributed by atoms with Crippen LogP contribution >= 0.6 is 0 Å². The molecule has 1 aliphatic heterocycles. The first-order valence-electron chi connectivity index (χ1n) is 7.06. The van der Waals surface area contributed by atoms with Gasteiger partial charge in [0.25, 0.3) is 5.91 Å². The van der Waals surface area contributed by atoms with Crippen LogP contribution in [0.5, 0.6) is 0 Å². The average Bonchev–Trinajstić information content (AvgIpc) is 2.93. The van der Waals surface area contributed by atoms with Gasteiger partial charge in [-0.25, -0.2) is 8.78 Å². The molecule has 1 atom stereocenters. The fourth-order valence-electron chi connectivity index (χ4n) is 2.64. The minimum atomic E-state index is -0.655. The van der Waals surface area contributed by atoms with Crippen molar-refractivity contribution in [2.24, 2.45) is 0 Å². The highest BCUT2D eigenvalue weighted by Gasteiger charge is 2.28. The van der Waals surface area contributed by atoms with Gasteiger partial charge < -0.3 is 14.6 Å². The number of aromatic amines is 1.